The van der Waals surface area contributed by atoms with Crippen LogP contribution in [-0.4, -0.2) is 23.0 Å². The first-order valence-corrected chi connectivity index (χ1v) is 6.48. The topological polar surface area (TPSA) is 66.4 Å². The van der Waals surface area contributed by atoms with Crippen molar-refractivity contribution >= 4 is 46.4 Å². The molecule has 1 atom stereocenters. The molecule has 1 heterocycles. The van der Waals surface area contributed by atoms with Crippen LogP contribution in [-0.2, 0) is 4.79 Å². The molecule has 0 spiro atoms. The van der Waals surface area contributed by atoms with Crippen molar-refractivity contribution in [3.05, 3.63) is 20.3 Å². The van der Waals surface area contributed by atoms with E-state index in [0.29, 0.717) is 15.1 Å². The molecule has 1 rings (SSSR count). The molecule has 0 aliphatic carbocycles. The molecule has 17 heavy (non-hydrogen) atoms. The fraction of sp³-hybridized carbons (Fsp3) is 0.400. The normalized spacial score (nSPS) is 12.2. The van der Waals surface area contributed by atoms with Crippen LogP contribution in [0.3, 0.4) is 0 Å². The minimum atomic E-state index is -0.952. The highest BCUT2D eigenvalue weighted by atomic mass is 35.5. The standard InChI is InChI=1S/C10H11Cl2NO3S/c1-2-5(3-8(14)15)13-10(16)6-4-7(11)17-9(6)12/h4-5H,2-3H2,1H3,(H,13,16)(H,14,15). The summed E-state index contributed by atoms with van der Waals surface area (Å²) in [5, 5.41) is 11.3. The zero-order chi connectivity index (χ0) is 13.0. The van der Waals surface area contributed by atoms with E-state index < -0.39 is 17.9 Å². The van der Waals surface area contributed by atoms with Crippen molar-refractivity contribution in [2.45, 2.75) is 25.8 Å². The average Bonchev–Trinajstić information content (AvgIpc) is 2.56. The van der Waals surface area contributed by atoms with Crippen LogP contribution >= 0.6 is 34.5 Å². The Balaban J connectivity index is 2.70. The predicted molar refractivity (Wildman–Crippen MR) is 68.1 cm³/mol. The molecule has 0 aliphatic heterocycles. The van der Waals surface area contributed by atoms with E-state index in [1.165, 1.54) is 6.07 Å². The number of halogens is 2. The summed E-state index contributed by atoms with van der Waals surface area (Å²) in [6.07, 6.45) is 0.422. The number of amides is 1. The fourth-order valence-electron chi connectivity index (χ4n) is 1.27. The van der Waals surface area contributed by atoms with E-state index in [0.717, 1.165) is 11.3 Å². The zero-order valence-electron chi connectivity index (χ0n) is 9.00. The number of carboxylic acid groups (broad SMARTS) is 1. The fourth-order valence-corrected chi connectivity index (χ4v) is 2.72. The lowest BCUT2D eigenvalue weighted by Crippen LogP contribution is -2.35. The second-order valence-corrected chi connectivity index (χ2v) is 5.70. The molecule has 94 valence electrons. The highest BCUT2D eigenvalue weighted by Crippen LogP contribution is 2.31. The first-order valence-electron chi connectivity index (χ1n) is 4.91. The van der Waals surface area contributed by atoms with E-state index in [2.05, 4.69) is 5.32 Å². The summed E-state index contributed by atoms with van der Waals surface area (Å²) in [7, 11) is 0. The van der Waals surface area contributed by atoms with Crippen LogP contribution in [0, 0.1) is 0 Å². The lowest BCUT2D eigenvalue weighted by molar-refractivity contribution is -0.137. The Morgan fingerprint density at radius 3 is 2.59 bits per heavy atom. The maximum Gasteiger partial charge on any atom is 0.305 e. The summed E-state index contributed by atoms with van der Waals surface area (Å²) in [5.41, 5.74) is 0.283. The quantitative estimate of drug-likeness (QED) is 0.877. The molecule has 0 bridgehead atoms. The molecule has 2 N–H and O–H groups in total. The lowest BCUT2D eigenvalue weighted by Gasteiger charge is -2.14. The van der Waals surface area contributed by atoms with Crippen LogP contribution in [0.4, 0.5) is 0 Å². The third-order valence-electron chi connectivity index (χ3n) is 2.15. The van der Waals surface area contributed by atoms with Gasteiger partial charge in [0.2, 0.25) is 0 Å². The summed E-state index contributed by atoms with van der Waals surface area (Å²) < 4.78 is 0.726. The summed E-state index contributed by atoms with van der Waals surface area (Å²) >= 11 is 12.7. The highest BCUT2D eigenvalue weighted by Gasteiger charge is 2.18. The van der Waals surface area contributed by atoms with Gasteiger partial charge in [-0.15, -0.1) is 11.3 Å². The number of carbonyl (C=O) groups is 2. The molecule has 0 saturated heterocycles. The van der Waals surface area contributed by atoms with Crippen LogP contribution in [0.1, 0.15) is 30.1 Å². The van der Waals surface area contributed by atoms with Gasteiger partial charge in [-0.1, -0.05) is 30.1 Å². The van der Waals surface area contributed by atoms with Crippen molar-refractivity contribution in [3.63, 3.8) is 0 Å². The Hall–Kier alpha value is -0.780. The van der Waals surface area contributed by atoms with Crippen LogP contribution in [0.2, 0.25) is 8.67 Å². The third kappa shape index (κ3) is 4.18. The number of carbonyl (C=O) groups excluding carboxylic acids is 1. The van der Waals surface area contributed by atoms with Gasteiger partial charge in [0.1, 0.15) is 4.34 Å². The minimum Gasteiger partial charge on any atom is -0.481 e. The number of carboxylic acids is 1. The van der Waals surface area contributed by atoms with E-state index in [1.807, 2.05) is 0 Å². The van der Waals surface area contributed by atoms with Crippen LogP contribution in [0.25, 0.3) is 0 Å². The second-order valence-electron chi connectivity index (χ2n) is 3.41. The van der Waals surface area contributed by atoms with Gasteiger partial charge >= 0.3 is 5.97 Å². The van der Waals surface area contributed by atoms with Gasteiger partial charge in [0.15, 0.2) is 0 Å². The molecule has 7 heteroatoms. The van der Waals surface area contributed by atoms with Crippen LogP contribution in [0.5, 0.6) is 0 Å². The van der Waals surface area contributed by atoms with E-state index in [-0.39, 0.29) is 12.0 Å². The van der Waals surface area contributed by atoms with Gasteiger partial charge < -0.3 is 10.4 Å². The Morgan fingerprint density at radius 1 is 1.53 bits per heavy atom. The summed E-state index contributed by atoms with van der Waals surface area (Å²) in [4.78, 5) is 22.4. The number of hydrogen-bond donors (Lipinski definition) is 2. The van der Waals surface area contributed by atoms with Crippen molar-refractivity contribution < 1.29 is 14.7 Å². The van der Waals surface area contributed by atoms with Crippen molar-refractivity contribution in [3.8, 4) is 0 Å². The van der Waals surface area contributed by atoms with Crippen LogP contribution < -0.4 is 5.32 Å². The van der Waals surface area contributed by atoms with Gasteiger partial charge in [-0.2, -0.15) is 0 Å². The van der Waals surface area contributed by atoms with Gasteiger partial charge in [0, 0.05) is 6.04 Å². The number of thiophene rings is 1. The minimum absolute atomic E-state index is 0.113. The van der Waals surface area contributed by atoms with Gasteiger partial charge in [0.05, 0.1) is 16.3 Å². The Bertz CT molecular complexity index is 433. The Labute approximate surface area is 113 Å². The van der Waals surface area contributed by atoms with Crippen molar-refractivity contribution in [2.24, 2.45) is 0 Å². The molecule has 0 aliphatic rings. The molecule has 0 fully saturated rings. The van der Waals surface area contributed by atoms with Crippen molar-refractivity contribution in [1.29, 1.82) is 0 Å². The first-order chi connectivity index (χ1) is 7.93. The average molecular weight is 296 g/mol. The third-order valence-corrected chi connectivity index (χ3v) is 3.64. The van der Waals surface area contributed by atoms with Gasteiger partial charge in [0.25, 0.3) is 5.91 Å². The molecule has 0 saturated carbocycles. The molecule has 4 nitrogen and oxygen atoms in total. The predicted octanol–water partition coefficient (Wildman–Crippen LogP) is 3.04. The first kappa shape index (κ1) is 14.3. The van der Waals surface area contributed by atoms with Crippen molar-refractivity contribution in [2.75, 3.05) is 0 Å². The SMILES string of the molecule is CCC(CC(=O)O)NC(=O)c1cc(Cl)sc1Cl. The molecule has 1 aromatic rings. The van der Waals surface area contributed by atoms with Gasteiger partial charge in [-0.3, -0.25) is 9.59 Å². The van der Waals surface area contributed by atoms with E-state index in [1.54, 1.807) is 6.92 Å². The number of hydrogen-bond acceptors (Lipinski definition) is 3. The van der Waals surface area contributed by atoms with Crippen molar-refractivity contribution in [1.82, 2.24) is 5.32 Å². The molecule has 0 aromatic carbocycles. The molecule has 1 amide bonds. The molecular weight excluding hydrogens is 285 g/mol. The van der Waals surface area contributed by atoms with Crippen LogP contribution in [0.15, 0.2) is 6.07 Å². The molecule has 1 unspecified atom stereocenters. The van der Waals surface area contributed by atoms with E-state index >= 15 is 0 Å². The second kappa shape index (κ2) is 6.23. The molecule has 0 radical (unpaired) electrons. The molecule has 1 aromatic heterocycles. The summed E-state index contributed by atoms with van der Waals surface area (Å²) in [6.45, 7) is 1.80. The number of rotatable bonds is 5. The van der Waals surface area contributed by atoms with E-state index in [4.69, 9.17) is 28.3 Å². The molecular formula is C10H11Cl2NO3S. The summed E-state index contributed by atoms with van der Waals surface area (Å²) in [5.74, 6) is -1.35. The van der Waals surface area contributed by atoms with Gasteiger partial charge in [-0.25, -0.2) is 0 Å². The maximum atomic E-state index is 11.8. The smallest absolute Gasteiger partial charge is 0.305 e. The number of aliphatic carboxylic acids is 1. The monoisotopic (exact) mass is 295 g/mol. The zero-order valence-corrected chi connectivity index (χ0v) is 11.3. The van der Waals surface area contributed by atoms with Gasteiger partial charge in [-0.05, 0) is 12.5 Å². The Kier molecular flexibility index (Phi) is 5.24. The number of nitrogens with one attached hydrogen (secondary N) is 1. The lowest BCUT2D eigenvalue weighted by atomic mass is 10.1. The van der Waals surface area contributed by atoms with E-state index in [9.17, 15) is 9.59 Å². The summed E-state index contributed by atoms with van der Waals surface area (Å²) in [6, 6.07) is 1.06. The Morgan fingerprint density at radius 2 is 2.18 bits per heavy atom. The highest BCUT2D eigenvalue weighted by molar-refractivity contribution is 7.20. The maximum absolute atomic E-state index is 11.8. The largest absolute Gasteiger partial charge is 0.481 e.